The van der Waals surface area contributed by atoms with Gasteiger partial charge in [0.1, 0.15) is 5.69 Å². The summed E-state index contributed by atoms with van der Waals surface area (Å²) in [6.45, 7) is 4.02. The van der Waals surface area contributed by atoms with Crippen molar-refractivity contribution < 1.29 is 9.59 Å². The van der Waals surface area contributed by atoms with Gasteiger partial charge in [-0.3, -0.25) is 19.8 Å². The van der Waals surface area contributed by atoms with E-state index in [-0.39, 0.29) is 16.9 Å². The van der Waals surface area contributed by atoms with E-state index in [4.69, 9.17) is 0 Å². The minimum atomic E-state index is -0.410. The van der Waals surface area contributed by atoms with E-state index >= 15 is 0 Å². The third-order valence-corrected chi connectivity index (χ3v) is 5.19. The van der Waals surface area contributed by atoms with Crippen LogP contribution in [-0.4, -0.2) is 16.4 Å². The molecule has 0 unspecified atom stereocenters. The average Bonchev–Trinajstić information content (AvgIpc) is 2.72. The number of fused-ring (bicyclic) bond motifs is 1. The summed E-state index contributed by atoms with van der Waals surface area (Å²) in [4.78, 5) is 38.8. The van der Waals surface area contributed by atoms with Crippen molar-refractivity contribution in [1.29, 1.82) is 0 Å². The van der Waals surface area contributed by atoms with Gasteiger partial charge in [0.15, 0.2) is 5.78 Å². The molecule has 30 heavy (non-hydrogen) atoms. The van der Waals surface area contributed by atoms with Gasteiger partial charge in [-0.05, 0) is 42.2 Å². The molecule has 1 aliphatic rings. The van der Waals surface area contributed by atoms with Gasteiger partial charge in [-0.1, -0.05) is 50.2 Å². The second-order valence-corrected chi connectivity index (χ2v) is 8.30. The second kappa shape index (κ2) is 7.63. The van der Waals surface area contributed by atoms with E-state index < -0.39 is 11.5 Å². The maximum absolute atomic E-state index is 13.3. The maximum atomic E-state index is 13.3. The number of hydrogen-bond acceptors (Lipinski definition) is 4. The van der Waals surface area contributed by atoms with Crippen LogP contribution in [0.2, 0.25) is 0 Å². The van der Waals surface area contributed by atoms with Gasteiger partial charge in [0, 0.05) is 17.5 Å². The molecule has 6 heteroatoms. The highest BCUT2D eigenvalue weighted by Gasteiger charge is 2.34. The molecule has 1 amide bonds. The van der Waals surface area contributed by atoms with Crippen LogP contribution in [-0.2, 0) is 6.42 Å². The highest BCUT2D eigenvalue weighted by molar-refractivity contribution is 6.05. The third-order valence-electron chi connectivity index (χ3n) is 5.19. The van der Waals surface area contributed by atoms with Crippen LogP contribution in [0.5, 0.6) is 0 Å². The Morgan fingerprint density at radius 1 is 0.933 bits per heavy atom. The monoisotopic (exact) mass is 401 g/mol. The first-order chi connectivity index (χ1) is 14.3. The van der Waals surface area contributed by atoms with Crippen LogP contribution < -0.4 is 16.3 Å². The van der Waals surface area contributed by atoms with E-state index in [0.29, 0.717) is 35.3 Å². The zero-order valence-electron chi connectivity index (χ0n) is 16.9. The fourth-order valence-electron chi connectivity index (χ4n) is 3.75. The lowest BCUT2D eigenvalue weighted by molar-refractivity contribution is 0.0907. The van der Waals surface area contributed by atoms with Crippen molar-refractivity contribution in [2.75, 3.05) is 10.7 Å². The molecule has 2 aromatic carbocycles. The minimum Gasteiger partial charge on any atom is -0.317 e. The number of benzene rings is 2. The summed E-state index contributed by atoms with van der Waals surface area (Å²) in [6.07, 6.45) is 0.950. The number of pyridine rings is 1. The van der Waals surface area contributed by atoms with Crippen LogP contribution in [0.1, 0.15) is 46.7 Å². The lowest BCUT2D eigenvalue weighted by Crippen LogP contribution is -2.39. The molecule has 0 aliphatic heterocycles. The molecule has 1 aromatic heterocycles. The van der Waals surface area contributed by atoms with Crippen LogP contribution in [0.4, 0.5) is 11.4 Å². The van der Waals surface area contributed by atoms with Crippen LogP contribution in [0, 0.1) is 5.41 Å². The van der Waals surface area contributed by atoms with Gasteiger partial charge in [0.05, 0.1) is 11.4 Å². The van der Waals surface area contributed by atoms with E-state index in [9.17, 15) is 14.4 Å². The molecule has 4 rings (SSSR count). The molecule has 0 fully saturated rings. The minimum absolute atomic E-state index is 0.0416. The van der Waals surface area contributed by atoms with Crippen molar-refractivity contribution in [3.63, 3.8) is 0 Å². The van der Waals surface area contributed by atoms with Crippen LogP contribution >= 0.6 is 0 Å². The number of rotatable bonds is 4. The summed E-state index contributed by atoms with van der Waals surface area (Å²) in [7, 11) is 0. The van der Waals surface area contributed by atoms with Gasteiger partial charge in [0.2, 0.25) is 0 Å². The number of carbonyl (C=O) groups excluding carboxylic acids is 2. The molecular weight excluding hydrogens is 378 g/mol. The Labute approximate surface area is 174 Å². The number of amides is 1. The number of nitrogens with zero attached hydrogens (tertiary/aromatic N) is 1. The molecule has 0 radical (unpaired) electrons. The van der Waals surface area contributed by atoms with Crippen LogP contribution in [0.25, 0.3) is 0 Å². The zero-order valence-corrected chi connectivity index (χ0v) is 16.9. The molecular formula is C24H23N3O3. The molecule has 0 bridgehead atoms. The molecule has 1 aliphatic carbocycles. The molecule has 0 spiro atoms. The smallest absolute Gasteiger partial charge is 0.293 e. The Balaban J connectivity index is 1.81. The average molecular weight is 401 g/mol. The van der Waals surface area contributed by atoms with E-state index in [1.807, 2.05) is 50.2 Å². The number of hydrogen-bond donors (Lipinski definition) is 2. The van der Waals surface area contributed by atoms with Gasteiger partial charge in [-0.25, -0.2) is 4.68 Å². The van der Waals surface area contributed by atoms with Gasteiger partial charge < -0.3 is 5.32 Å². The predicted molar refractivity (Wildman–Crippen MR) is 117 cm³/mol. The predicted octanol–water partition coefficient (Wildman–Crippen LogP) is 4.13. The molecule has 6 nitrogen and oxygen atoms in total. The number of ketones is 1. The Hall–Kier alpha value is -3.67. The van der Waals surface area contributed by atoms with E-state index in [1.54, 1.807) is 24.3 Å². The highest BCUT2D eigenvalue weighted by Crippen LogP contribution is 2.35. The number of nitrogens with one attached hydrogen (secondary N) is 2. The van der Waals surface area contributed by atoms with Crippen LogP contribution in [0.15, 0.2) is 71.5 Å². The molecule has 3 aromatic rings. The molecule has 1 heterocycles. The van der Waals surface area contributed by atoms with E-state index in [0.717, 1.165) is 0 Å². The Morgan fingerprint density at radius 3 is 2.23 bits per heavy atom. The molecule has 0 saturated carbocycles. The highest BCUT2D eigenvalue weighted by atomic mass is 16.2. The van der Waals surface area contributed by atoms with Crippen molar-refractivity contribution >= 4 is 23.1 Å². The summed E-state index contributed by atoms with van der Waals surface area (Å²) in [5.41, 5.74) is 4.75. The van der Waals surface area contributed by atoms with Gasteiger partial charge in [0.25, 0.3) is 11.5 Å². The normalized spacial score (nSPS) is 14.7. The number of anilines is 2. The Morgan fingerprint density at radius 2 is 1.57 bits per heavy atom. The molecule has 0 saturated heterocycles. The number of Topliss-reactive ketones (excluding diaryl/α,β-unsaturated/α-hetero) is 1. The van der Waals surface area contributed by atoms with Crippen molar-refractivity contribution in [2.24, 2.45) is 5.41 Å². The number of aromatic nitrogens is 1. The fourth-order valence-corrected chi connectivity index (χ4v) is 3.75. The summed E-state index contributed by atoms with van der Waals surface area (Å²) in [5.74, 6) is -0.442. The molecule has 152 valence electrons. The molecule has 2 N–H and O–H groups in total. The topological polar surface area (TPSA) is 80.2 Å². The van der Waals surface area contributed by atoms with Crippen molar-refractivity contribution in [1.82, 2.24) is 4.68 Å². The maximum Gasteiger partial charge on any atom is 0.293 e. The third kappa shape index (κ3) is 3.89. The largest absolute Gasteiger partial charge is 0.317 e. The van der Waals surface area contributed by atoms with Gasteiger partial charge >= 0.3 is 0 Å². The Bertz CT molecular complexity index is 1170. The van der Waals surface area contributed by atoms with E-state index in [1.165, 1.54) is 10.7 Å². The first-order valence-corrected chi connectivity index (χ1v) is 9.85. The summed E-state index contributed by atoms with van der Waals surface area (Å²) >= 11 is 0. The lowest BCUT2D eigenvalue weighted by atomic mass is 9.75. The second-order valence-electron chi connectivity index (χ2n) is 8.30. The van der Waals surface area contributed by atoms with Crippen molar-refractivity contribution in [2.45, 2.75) is 26.7 Å². The van der Waals surface area contributed by atoms with Gasteiger partial charge in [-0.15, -0.1) is 0 Å². The van der Waals surface area contributed by atoms with Gasteiger partial charge in [-0.2, -0.15) is 0 Å². The molecule has 0 atom stereocenters. The number of para-hydroxylation sites is 1. The summed E-state index contributed by atoms with van der Waals surface area (Å²) < 4.78 is 1.39. The summed E-state index contributed by atoms with van der Waals surface area (Å²) in [6, 6.07) is 19.4. The van der Waals surface area contributed by atoms with Crippen molar-refractivity contribution in [3.05, 3.63) is 93.9 Å². The lowest BCUT2D eigenvalue weighted by Gasteiger charge is -2.32. The quantitative estimate of drug-likeness (QED) is 0.689. The first kappa shape index (κ1) is 19.6. The fraction of sp³-hybridized carbons (Fsp3) is 0.208. The Kier molecular flexibility index (Phi) is 4.99. The van der Waals surface area contributed by atoms with Crippen LogP contribution in [0.3, 0.4) is 0 Å². The zero-order chi connectivity index (χ0) is 21.3. The number of carbonyl (C=O) groups is 2. The van der Waals surface area contributed by atoms with Crippen molar-refractivity contribution in [3.8, 4) is 0 Å². The first-order valence-electron chi connectivity index (χ1n) is 9.85. The van der Waals surface area contributed by atoms with E-state index in [2.05, 4.69) is 10.7 Å². The summed E-state index contributed by atoms with van der Waals surface area (Å²) in [5, 5.41) is 2.68. The standard InChI is InChI=1S/C24H23N3O3/c1-24(2)14-20-18(21(28)15-24)13-19(25-22(29)16-9-5-3-6-10-16)23(30)27(20)26-17-11-7-4-8-12-17/h3-13,26H,14-15H2,1-2H3,(H,25,29). The SMILES string of the molecule is CC1(C)CC(=O)c2cc(NC(=O)c3ccccc3)c(=O)n(Nc3ccccc3)c2C1.